The topological polar surface area (TPSA) is 77.1 Å². The molecule has 1 aliphatic heterocycles. The average Bonchev–Trinajstić information content (AvgIpc) is 3.60. The number of likely N-dealkylation sites (tertiary alicyclic amines) is 1. The van der Waals surface area contributed by atoms with Crippen LogP contribution in [0.2, 0.25) is 0 Å². The van der Waals surface area contributed by atoms with Gasteiger partial charge in [-0.3, -0.25) is 9.59 Å². The molecule has 7 heteroatoms. The molecule has 0 unspecified atom stereocenters. The van der Waals surface area contributed by atoms with Crippen molar-refractivity contribution in [3.63, 3.8) is 0 Å². The van der Waals surface area contributed by atoms with Gasteiger partial charge in [-0.15, -0.1) is 0 Å². The summed E-state index contributed by atoms with van der Waals surface area (Å²) in [6.45, 7) is 5.96. The molecule has 0 bridgehead atoms. The lowest BCUT2D eigenvalue weighted by Gasteiger charge is -2.26. The van der Waals surface area contributed by atoms with Crippen LogP contribution in [0.5, 0.6) is 11.5 Å². The van der Waals surface area contributed by atoms with Crippen LogP contribution in [0.4, 0.5) is 0 Å². The second-order valence-electron chi connectivity index (χ2n) is 7.95. The number of ether oxygens (including phenoxy) is 3. The predicted molar refractivity (Wildman–Crippen MR) is 114 cm³/mol. The van der Waals surface area contributed by atoms with Crippen LogP contribution in [0.1, 0.15) is 55.8 Å². The SMILES string of the molecule is CCOc1cc(C(=O)NCCCOCC2CC2)ccc1OCC(=O)N1CCCCC1. The maximum atomic E-state index is 12.4. The first-order valence-electron chi connectivity index (χ1n) is 11.2. The van der Waals surface area contributed by atoms with Crippen molar-refractivity contribution < 1.29 is 23.8 Å². The van der Waals surface area contributed by atoms with Crippen molar-refractivity contribution in [3.05, 3.63) is 23.8 Å². The van der Waals surface area contributed by atoms with Gasteiger partial charge in [-0.05, 0) is 69.6 Å². The van der Waals surface area contributed by atoms with Gasteiger partial charge in [-0.1, -0.05) is 0 Å². The number of benzene rings is 1. The summed E-state index contributed by atoms with van der Waals surface area (Å²) in [7, 11) is 0. The van der Waals surface area contributed by atoms with Gasteiger partial charge in [0, 0.05) is 38.4 Å². The summed E-state index contributed by atoms with van der Waals surface area (Å²) in [6.07, 6.45) is 6.63. The number of piperidine rings is 1. The molecule has 1 aromatic carbocycles. The lowest BCUT2D eigenvalue weighted by molar-refractivity contribution is -0.134. The molecule has 1 aromatic rings. The second-order valence-corrected chi connectivity index (χ2v) is 7.95. The van der Waals surface area contributed by atoms with Crippen molar-refractivity contribution in [2.24, 2.45) is 5.92 Å². The van der Waals surface area contributed by atoms with E-state index in [1.165, 1.54) is 19.3 Å². The van der Waals surface area contributed by atoms with E-state index in [1.54, 1.807) is 18.2 Å². The zero-order valence-corrected chi connectivity index (χ0v) is 18.0. The zero-order valence-electron chi connectivity index (χ0n) is 18.0. The molecule has 166 valence electrons. The number of nitrogens with zero attached hydrogens (tertiary/aromatic N) is 1. The first-order valence-corrected chi connectivity index (χ1v) is 11.2. The number of hydrogen-bond donors (Lipinski definition) is 1. The monoisotopic (exact) mass is 418 g/mol. The molecule has 1 N–H and O–H groups in total. The highest BCUT2D eigenvalue weighted by atomic mass is 16.5. The molecule has 1 saturated heterocycles. The van der Waals surface area contributed by atoms with E-state index >= 15 is 0 Å². The fourth-order valence-electron chi connectivity index (χ4n) is 3.42. The predicted octanol–water partition coefficient (Wildman–Crippen LogP) is 3.02. The van der Waals surface area contributed by atoms with Crippen molar-refractivity contribution in [1.82, 2.24) is 10.2 Å². The average molecular weight is 419 g/mol. The molecule has 0 spiro atoms. The van der Waals surface area contributed by atoms with Crippen molar-refractivity contribution >= 4 is 11.8 Å². The Kier molecular flexibility index (Phi) is 8.81. The van der Waals surface area contributed by atoms with Crippen LogP contribution in [0.15, 0.2) is 18.2 Å². The molecular weight excluding hydrogens is 384 g/mol. The third kappa shape index (κ3) is 7.20. The maximum absolute atomic E-state index is 12.4. The van der Waals surface area contributed by atoms with Gasteiger partial charge in [-0.2, -0.15) is 0 Å². The summed E-state index contributed by atoms with van der Waals surface area (Å²) >= 11 is 0. The van der Waals surface area contributed by atoms with E-state index in [1.807, 2.05) is 11.8 Å². The highest BCUT2D eigenvalue weighted by Crippen LogP contribution is 2.29. The molecule has 0 radical (unpaired) electrons. The van der Waals surface area contributed by atoms with E-state index in [-0.39, 0.29) is 18.4 Å². The minimum Gasteiger partial charge on any atom is -0.490 e. The van der Waals surface area contributed by atoms with E-state index < -0.39 is 0 Å². The summed E-state index contributed by atoms with van der Waals surface area (Å²) in [5, 5.41) is 2.91. The standard InChI is InChI=1S/C23H34N2O5/c1-2-29-21-15-19(23(27)24-11-6-14-28-16-18-7-8-18)9-10-20(21)30-17-22(26)25-12-4-3-5-13-25/h9-10,15,18H,2-8,11-14,16-17H2,1H3,(H,24,27). The minimum absolute atomic E-state index is 0.0112. The van der Waals surface area contributed by atoms with E-state index in [0.29, 0.717) is 36.8 Å². The maximum Gasteiger partial charge on any atom is 0.260 e. The number of hydrogen-bond acceptors (Lipinski definition) is 5. The van der Waals surface area contributed by atoms with Gasteiger partial charge in [0.05, 0.1) is 6.61 Å². The molecular formula is C23H34N2O5. The number of carbonyl (C=O) groups excluding carboxylic acids is 2. The Balaban J connectivity index is 1.46. The van der Waals surface area contributed by atoms with E-state index in [4.69, 9.17) is 14.2 Å². The Morgan fingerprint density at radius 1 is 1.10 bits per heavy atom. The van der Waals surface area contributed by atoms with Crippen molar-refractivity contribution in [2.45, 2.75) is 45.4 Å². The summed E-state index contributed by atoms with van der Waals surface area (Å²) in [6, 6.07) is 5.06. The molecule has 30 heavy (non-hydrogen) atoms. The molecule has 2 aliphatic rings. The Morgan fingerprint density at radius 3 is 2.63 bits per heavy atom. The third-order valence-corrected chi connectivity index (χ3v) is 5.37. The Labute approximate surface area is 179 Å². The minimum atomic E-state index is -0.158. The van der Waals surface area contributed by atoms with Gasteiger partial charge in [-0.25, -0.2) is 0 Å². The van der Waals surface area contributed by atoms with Crippen LogP contribution in [-0.4, -0.2) is 62.8 Å². The molecule has 1 saturated carbocycles. The molecule has 2 fully saturated rings. The zero-order chi connectivity index (χ0) is 21.2. The van der Waals surface area contributed by atoms with Gasteiger partial charge in [0.2, 0.25) is 0 Å². The normalized spacial score (nSPS) is 16.2. The van der Waals surface area contributed by atoms with Crippen LogP contribution >= 0.6 is 0 Å². The number of amides is 2. The van der Waals surface area contributed by atoms with E-state index in [2.05, 4.69) is 5.32 Å². The van der Waals surface area contributed by atoms with Gasteiger partial charge < -0.3 is 24.4 Å². The van der Waals surface area contributed by atoms with Crippen LogP contribution < -0.4 is 14.8 Å². The highest BCUT2D eigenvalue weighted by Gasteiger charge is 2.21. The summed E-state index contributed by atoms with van der Waals surface area (Å²) in [5.74, 6) is 1.54. The van der Waals surface area contributed by atoms with Gasteiger partial charge in [0.25, 0.3) is 11.8 Å². The smallest absolute Gasteiger partial charge is 0.260 e. The molecule has 0 atom stereocenters. The molecule has 7 nitrogen and oxygen atoms in total. The second kappa shape index (κ2) is 11.8. The van der Waals surface area contributed by atoms with Crippen molar-refractivity contribution in [3.8, 4) is 11.5 Å². The van der Waals surface area contributed by atoms with E-state index in [0.717, 1.165) is 44.9 Å². The van der Waals surface area contributed by atoms with Gasteiger partial charge in [0.1, 0.15) is 0 Å². The van der Waals surface area contributed by atoms with Crippen LogP contribution in [0.3, 0.4) is 0 Å². The molecule has 0 aromatic heterocycles. The van der Waals surface area contributed by atoms with Gasteiger partial charge >= 0.3 is 0 Å². The molecule has 2 amide bonds. The fraction of sp³-hybridized carbons (Fsp3) is 0.652. The Bertz CT molecular complexity index is 699. The Hall–Kier alpha value is -2.28. The van der Waals surface area contributed by atoms with Crippen molar-refractivity contribution in [1.29, 1.82) is 0 Å². The molecule has 1 aliphatic carbocycles. The van der Waals surface area contributed by atoms with Crippen LogP contribution in [0, 0.1) is 5.92 Å². The highest BCUT2D eigenvalue weighted by molar-refractivity contribution is 5.94. The van der Waals surface area contributed by atoms with Crippen molar-refractivity contribution in [2.75, 3.05) is 46.1 Å². The lowest BCUT2D eigenvalue weighted by atomic mass is 10.1. The Morgan fingerprint density at radius 2 is 1.90 bits per heavy atom. The summed E-state index contributed by atoms with van der Waals surface area (Å²) in [4.78, 5) is 26.6. The van der Waals surface area contributed by atoms with Crippen LogP contribution in [0.25, 0.3) is 0 Å². The molecule has 3 rings (SSSR count). The fourth-order valence-corrected chi connectivity index (χ4v) is 3.42. The first-order chi connectivity index (χ1) is 14.7. The van der Waals surface area contributed by atoms with Crippen LogP contribution in [-0.2, 0) is 9.53 Å². The number of nitrogens with one attached hydrogen (secondary N) is 1. The van der Waals surface area contributed by atoms with E-state index in [9.17, 15) is 9.59 Å². The number of carbonyl (C=O) groups is 2. The summed E-state index contributed by atoms with van der Waals surface area (Å²) in [5.41, 5.74) is 0.507. The number of rotatable bonds is 12. The first kappa shape index (κ1) is 22.4. The third-order valence-electron chi connectivity index (χ3n) is 5.37. The lowest BCUT2D eigenvalue weighted by Crippen LogP contribution is -2.38. The van der Waals surface area contributed by atoms with Gasteiger partial charge in [0.15, 0.2) is 18.1 Å². The molecule has 1 heterocycles. The quantitative estimate of drug-likeness (QED) is 0.528. The largest absolute Gasteiger partial charge is 0.490 e. The summed E-state index contributed by atoms with van der Waals surface area (Å²) < 4.78 is 16.9.